The number of carbonyl (C=O) groups is 2. The maximum Gasteiger partial charge on any atom is 0.323 e. The Hall–Kier alpha value is -5.11. The minimum Gasteiger partial charge on any atom is -1.00 e. The fourth-order valence-electron chi connectivity index (χ4n) is 4.92. The van der Waals surface area contributed by atoms with Gasteiger partial charge in [-0.15, -0.1) is 0 Å². The fourth-order valence-corrected chi connectivity index (χ4v) is 4.92. The van der Waals surface area contributed by atoms with Crippen molar-refractivity contribution >= 4 is 34.8 Å². The maximum atomic E-state index is 12.5. The highest BCUT2D eigenvalue weighted by Gasteiger charge is 2.13. The second kappa shape index (κ2) is 16.1. The number of nitrogens with one attached hydrogen (secondary N) is 5. The molecular formula is C37H38ClN5O2. The van der Waals surface area contributed by atoms with E-state index in [9.17, 15) is 9.59 Å². The van der Waals surface area contributed by atoms with Gasteiger partial charge in [-0.3, -0.25) is 0 Å². The van der Waals surface area contributed by atoms with Gasteiger partial charge in [0.15, 0.2) is 0 Å². The van der Waals surface area contributed by atoms with Crippen LogP contribution in [0.3, 0.4) is 0 Å². The van der Waals surface area contributed by atoms with Crippen LogP contribution in [0.25, 0.3) is 0 Å². The molecule has 5 rings (SSSR count). The normalized spacial score (nSPS) is 10.5. The van der Waals surface area contributed by atoms with E-state index in [1.165, 1.54) is 21.6 Å². The Balaban J connectivity index is 0.00000461. The molecule has 8 heteroatoms. The Morgan fingerprint density at radius 3 is 1.07 bits per heavy atom. The number of hydrogen-bond donors (Lipinski definition) is 5. The van der Waals surface area contributed by atoms with Crippen LogP contribution in [0, 0.1) is 13.8 Å². The van der Waals surface area contributed by atoms with Gasteiger partial charge in [-0.25, -0.2) is 9.59 Å². The summed E-state index contributed by atoms with van der Waals surface area (Å²) < 4.78 is 0. The predicted molar refractivity (Wildman–Crippen MR) is 179 cm³/mol. The zero-order chi connectivity index (χ0) is 30.7. The molecule has 0 radical (unpaired) electrons. The number of amides is 4. The number of anilines is 4. The van der Waals surface area contributed by atoms with Crippen LogP contribution in [0.5, 0.6) is 0 Å². The number of urea groups is 2. The van der Waals surface area contributed by atoms with Gasteiger partial charge in [0.25, 0.3) is 0 Å². The lowest BCUT2D eigenvalue weighted by atomic mass is 10.1. The van der Waals surface area contributed by atoms with Gasteiger partial charge in [-0.05, 0) is 62.4 Å². The van der Waals surface area contributed by atoms with Crippen molar-refractivity contribution < 1.29 is 26.9 Å². The monoisotopic (exact) mass is 619 g/mol. The first-order valence-corrected chi connectivity index (χ1v) is 14.7. The van der Waals surface area contributed by atoms with Crippen molar-refractivity contribution in [1.82, 2.24) is 0 Å². The van der Waals surface area contributed by atoms with Gasteiger partial charge in [0, 0.05) is 39.4 Å². The molecule has 0 aliphatic carbocycles. The standard InChI is InChI=1S/C37H37N5O2.ClH/c1-27-8-16-32(17-9-27)38-36(43)40-34-20-12-30(13-21-34)25-42(24-29-6-4-3-5-7-29)26-31-14-22-35(23-15-31)41-37(44)39-33-18-10-28(2)11-19-33;/h3-23H,24-26H2,1-2H3,(H2,38,40,43)(H2,39,41,44);1H. The van der Waals surface area contributed by atoms with Crippen molar-refractivity contribution in [3.8, 4) is 0 Å². The summed E-state index contributed by atoms with van der Waals surface area (Å²) in [5.41, 5.74) is 8.86. The first kappa shape index (κ1) is 32.8. The van der Waals surface area contributed by atoms with Crippen molar-refractivity contribution in [3.63, 3.8) is 0 Å². The third-order valence-electron chi connectivity index (χ3n) is 7.25. The summed E-state index contributed by atoms with van der Waals surface area (Å²) >= 11 is 0. The average Bonchev–Trinajstić information content (AvgIpc) is 3.02. The van der Waals surface area contributed by atoms with E-state index in [1.54, 1.807) is 0 Å². The molecule has 45 heavy (non-hydrogen) atoms. The Morgan fingerprint density at radius 1 is 0.444 bits per heavy atom. The van der Waals surface area contributed by atoms with Gasteiger partial charge < -0.3 is 38.6 Å². The highest BCUT2D eigenvalue weighted by atomic mass is 35.5. The largest absolute Gasteiger partial charge is 1.00 e. The molecule has 0 spiro atoms. The van der Waals surface area contributed by atoms with E-state index in [-0.39, 0.29) is 24.5 Å². The SMILES string of the molecule is Cc1ccc(NC(=O)Nc2ccc(C[NH+](Cc3ccccc3)Cc3ccc(NC(=O)Nc4ccc(C)cc4)cc3)cc2)cc1.[Cl-]. The number of quaternary nitrogens is 1. The topological polar surface area (TPSA) is 86.7 Å². The fraction of sp³-hybridized carbons (Fsp3) is 0.135. The van der Waals surface area contributed by atoms with E-state index in [0.29, 0.717) is 0 Å². The molecule has 4 amide bonds. The third-order valence-corrected chi connectivity index (χ3v) is 7.25. The highest BCUT2D eigenvalue weighted by molar-refractivity contribution is 6.00. The summed E-state index contributed by atoms with van der Waals surface area (Å²) in [6.45, 7) is 6.50. The number of aryl methyl sites for hydroxylation is 2. The summed E-state index contributed by atoms with van der Waals surface area (Å²) in [7, 11) is 0. The van der Waals surface area contributed by atoms with Crippen LogP contribution in [0.4, 0.5) is 32.3 Å². The van der Waals surface area contributed by atoms with E-state index in [1.807, 2.05) is 92.7 Å². The molecule has 0 atom stereocenters. The molecule has 5 aromatic carbocycles. The van der Waals surface area contributed by atoms with Crippen molar-refractivity contribution in [2.24, 2.45) is 0 Å². The number of rotatable bonds is 10. The molecule has 0 unspecified atom stereocenters. The van der Waals surface area contributed by atoms with Crippen LogP contribution in [-0.4, -0.2) is 12.1 Å². The van der Waals surface area contributed by atoms with Crippen molar-refractivity contribution in [3.05, 3.63) is 155 Å². The summed E-state index contributed by atoms with van der Waals surface area (Å²) in [5.74, 6) is 0. The third kappa shape index (κ3) is 10.5. The molecular weight excluding hydrogens is 582 g/mol. The Morgan fingerprint density at radius 2 is 0.733 bits per heavy atom. The van der Waals surface area contributed by atoms with Gasteiger partial charge in [-0.2, -0.15) is 0 Å². The number of carbonyl (C=O) groups excluding carboxylic acids is 2. The van der Waals surface area contributed by atoms with Crippen molar-refractivity contribution in [2.75, 3.05) is 21.3 Å². The maximum absolute atomic E-state index is 12.5. The van der Waals surface area contributed by atoms with Gasteiger partial charge in [0.05, 0.1) is 0 Å². The van der Waals surface area contributed by atoms with E-state index >= 15 is 0 Å². The van der Waals surface area contributed by atoms with Crippen LogP contribution in [0.1, 0.15) is 27.8 Å². The van der Waals surface area contributed by atoms with Crippen LogP contribution in [-0.2, 0) is 19.6 Å². The van der Waals surface area contributed by atoms with E-state index < -0.39 is 0 Å². The summed E-state index contributed by atoms with van der Waals surface area (Å²) in [6, 6.07) is 41.3. The first-order valence-electron chi connectivity index (χ1n) is 14.7. The van der Waals surface area contributed by atoms with Crippen LogP contribution >= 0.6 is 0 Å². The molecule has 0 aliphatic heterocycles. The molecule has 0 fully saturated rings. The number of halogens is 1. The Labute approximate surface area is 271 Å². The molecule has 5 N–H and O–H groups in total. The molecule has 7 nitrogen and oxygen atoms in total. The predicted octanol–water partition coefficient (Wildman–Crippen LogP) is 4.38. The smallest absolute Gasteiger partial charge is 0.323 e. The van der Waals surface area contributed by atoms with Gasteiger partial charge in [0.2, 0.25) is 0 Å². The minimum atomic E-state index is -0.275. The van der Waals surface area contributed by atoms with Gasteiger partial charge in [0.1, 0.15) is 19.6 Å². The molecule has 0 aliphatic rings. The lowest BCUT2D eigenvalue weighted by molar-refractivity contribution is -0.941. The molecule has 0 bridgehead atoms. The molecule has 0 saturated heterocycles. The molecule has 0 saturated carbocycles. The Bertz CT molecular complexity index is 1550. The summed E-state index contributed by atoms with van der Waals surface area (Å²) in [4.78, 5) is 26.3. The van der Waals surface area contributed by atoms with Crippen LogP contribution < -0.4 is 38.6 Å². The summed E-state index contributed by atoms with van der Waals surface area (Å²) in [6.07, 6.45) is 0. The second-order valence-electron chi connectivity index (χ2n) is 11.1. The molecule has 230 valence electrons. The van der Waals surface area contributed by atoms with Crippen LogP contribution in [0.2, 0.25) is 0 Å². The highest BCUT2D eigenvalue weighted by Crippen LogP contribution is 2.14. The van der Waals surface area contributed by atoms with E-state index in [0.717, 1.165) is 53.5 Å². The molecule has 0 heterocycles. The average molecular weight is 620 g/mol. The molecule has 5 aromatic rings. The van der Waals surface area contributed by atoms with Crippen molar-refractivity contribution in [2.45, 2.75) is 33.5 Å². The first-order chi connectivity index (χ1) is 21.4. The molecule has 0 aromatic heterocycles. The number of benzene rings is 5. The lowest BCUT2D eigenvalue weighted by Gasteiger charge is -2.20. The Kier molecular flexibility index (Phi) is 11.7. The van der Waals surface area contributed by atoms with E-state index in [4.69, 9.17) is 0 Å². The zero-order valence-electron chi connectivity index (χ0n) is 25.4. The quantitative estimate of drug-likeness (QED) is 0.161. The zero-order valence-corrected chi connectivity index (χ0v) is 26.2. The van der Waals surface area contributed by atoms with Crippen LogP contribution in [0.15, 0.2) is 127 Å². The van der Waals surface area contributed by atoms with Gasteiger partial charge in [-0.1, -0.05) is 90.0 Å². The lowest BCUT2D eigenvalue weighted by Crippen LogP contribution is -3.08. The number of hydrogen-bond acceptors (Lipinski definition) is 2. The second-order valence-corrected chi connectivity index (χ2v) is 11.1. The van der Waals surface area contributed by atoms with Crippen molar-refractivity contribution in [1.29, 1.82) is 0 Å². The summed E-state index contributed by atoms with van der Waals surface area (Å²) in [5, 5.41) is 11.5. The minimum absolute atomic E-state index is 0. The van der Waals surface area contributed by atoms with Gasteiger partial charge >= 0.3 is 12.1 Å². The van der Waals surface area contributed by atoms with E-state index in [2.05, 4.69) is 69.8 Å².